The largest absolute Gasteiger partial charge is 0.506 e. The van der Waals surface area contributed by atoms with Gasteiger partial charge in [0.15, 0.2) is 0 Å². The van der Waals surface area contributed by atoms with Gasteiger partial charge in [0, 0.05) is 6.04 Å². The Morgan fingerprint density at radius 1 is 1.57 bits per heavy atom. The number of hydrogen-bond donors (Lipinski definition) is 3. The molecular weight excluding hydrogens is 206 g/mol. The Hall–Kier alpha value is -1.26. The molecule has 1 unspecified atom stereocenters. The van der Waals surface area contributed by atoms with E-state index < -0.39 is 12.0 Å². The Kier molecular flexibility index (Phi) is 3.33. The van der Waals surface area contributed by atoms with E-state index in [0.29, 0.717) is 5.56 Å². The van der Waals surface area contributed by atoms with Crippen LogP contribution < -0.4 is 5.73 Å². The average molecular weight is 216 g/mol. The van der Waals surface area contributed by atoms with Crippen LogP contribution in [0.4, 0.5) is 0 Å². The summed E-state index contributed by atoms with van der Waals surface area (Å²) in [5, 5.41) is 17.8. The highest BCUT2D eigenvalue weighted by atomic mass is 35.5. The molecule has 0 aliphatic carbocycles. The molecule has 0 radical (unpaired) electrons. The molecule has 0 bridgehead atoms. The van der Waals surface area contributed by atoms with E-state index in [4.69, 9.17) is 27.5 Å². The van der Waals surface area contributed by atoms with Crippen LogP contribution in [0.5, 0.6) is 5.75 Å². The number of phenols is 1. The quantitative estimate of drug-likeness (QED) is 0.714. The number of rotatable bonds is 3. The molecule has 0 aromatic heterocycles. The van der Waals surface area contributed by atoms with E-state index in [-0.39, 0.29) is 17.2 Å². The highest BCUT2D eigenvalue weighted by molar-refractivity contribution is 6.32. The van der Waals surface area contributed by atoms with Crippen molar-refractivity contribution in [3.63, 3.8) is 0 Å². The number of carbonyl (C=O) groups is 1. The second-order valence-electron chi connectivity index (χ2n) is 2.92. The zero-order valence-corrected chi connectivity index (χ0v) is 8.03. The number of nitrogens with two attached hydrogens (primary N) is 1. The number of carboxylic acids is 1. The predicted molar refractivity (Wildman–Crippen MR) is 52.3 cm³/mol. The van der Waals surface area contributed by atoms with Crippen LogP contribution in [0.25, 0.3) is 0 Å². The molecule has 0 spiro atoms. The molecule has 0 aliphatic heterocycles. The standard InChI is InChI=1S/C9H10ClNO3/c10-6-3-5(1-2-8(6)12)7(11)4-9(13)14/h1-3,7,12H,4,11H2,(H,13,14). The molecular formula is C9H10ClNO3. The zero-order valence-electron chi connectivity index (χ0n) is 7.27. The fourth-order valence-electron chi connectivity index (χ4n) is 1.06. The number of aliphatic carboxylic acids is 1. The van der Waals surface area contributed by atoms with Crippen molar-refractivity contribution in [2.45, 2.75) is 12.5 Å². The number of hydrogen-bond acceptors (Lipinski definition) is 3. The van der Waals surface area contributed by atoms with Crippen LogP contribution in [-0.2, 0) is 4.79 Å². The van der Waals surface area contributed by atoms with Crippen LogP contribution in [0, 0.1) is 0 Å². The summed E-state index contributed by atoms with van der Waals surface area (Å²) >= 11 is 5.64. The molecule has 1 aromatic carbocycles. The summed E-state index contributed by atoms with van der Waals surface area (Å²) in [5.74, 6) is -1.01. The first-order valence-electron chi connectivity index (χ1n) is 3.96. The second kappa shape index (κ2) is 4.30. The number of carboxylic acid groups (broad SMARTS) is 1. The lowest BCUT2D eigenvalue weighted by Gasteiger charge is -2.09. The fourth-order valence-corrected chi connectivity index (χ4v) is 1.25. The molecule has 1 atom stereocenters. The lowest BCUT2D eigenvalue weighted by Crippen LogP contribution is -2.14. The van der Waals surface area contributed by atoms with Gasteiger partial charge in [-0.05, 0) is 17.7 Å². The molecule has 5 heteroatoms. The number of benzene rings is 1. The van der Waals surface area contributed by atoms with Gasteiger partial charge in [0.2, 0.25) is 0 Å². The molecule has 1 aromatic rings. The molecule has 0 aliphatic rings. The first-order chi connectivity index (χ1) is 6.50. The van der Waals surface area contributed by atoms with Crippen molar-refractivity contribution in [1.29, 1.82) is 0 Å². The van der Waals surface area contributed by atoms with Crippen molar-refractivity contribution in [3.05, 3.63) is 28.8 Å². The Morgan fingerprint density at radius 3 is 2.71 bits per heavy atom. The van der Waals surface area contributed by atoms with E-state index in [1.807, 2.05) is 0 Å². The molecule has 4 nitrogen and oxygen atoms in total. The van der Waals surface area contributed by atoms with E-state index in [1.165, 1.54) is 12.1 Å². The Bertz CT molecular complexity index is 354. The van der Waals surface area contributed by atoms with E-state index in [9.17, 15) is 4.79 Å². The first-order valence-corrected chi connectivity index (χ1v) is 4.34. The predicted octanol–water partition coefficient (Wildman–Crippen LogP) is 1.52. The number of aromatic hydroxyl groups is 1. The van der Waals surface area contributed by atoms with Crippen LogP contribution in [-0.4, -0.2) is 16.2 Å². The zero-order chi connectivity index (χ0) is 10.7. The van der Waals surface area contributed by atoms with Crippen molar-refractivity contribution in [1.82, 2.24) is 0 Å². The molecule has 14 heavy (non-hydrogen) atoms. The molecule has 0 amide bonds. The van der Waals surface area contributed by atoms with Crippen LogP contribution in [0.2, 0.25) is 5.02 Å². The SMILES string of the molecule is NC(CC(=O)O)c1ccc(O)c(Cl)c1. The monoisotopic (exact) mass is 215 g/mol. The summed E-state index contributed by atoms with van der Waals surface area (Å²) in [7, 11) is 0. The Labute approximate surface area is 85.9 Å². The van der Waals surface area contributed by atoms with Crippen molar-refractivity contribution in [2.75, 3.05) is 0 Å². The van der Waals surface area contributed by atoms with E-state index >= 15 is 0 Å². The summed E-state index contributed by atoms with van der Waals surface area (Å²) in [6, 6.07) is 3.80. The summed E-state index contributed by atoms with van der Waals surface area (Å²) in [6.45, 7) is 0. The minimum Gasteiger partial charge on any atom is -0.506 e. The van der Waals surface area contributed by atoms with Crippen molar-refractivity contribution in [2.24, 2.45) is 5.73 Å². The molecule has 0 fully saturated rings. The van der Waals surface area contributed by atoms with Gasteiger partial charge < -0.3 is 15.9 Å². The van der Waals surface area contributed by atoms with Crippen LogP contribution in [0.3, 0.4) is 0 Å². The van der Waals surface area contributed by atoms with Crippen LogP contribution >= 0.6 is 11.6 Å². The maximum Gasteiger partial charge on any atom is 0.305 e. The van der Waals surface area contributed by atoms with Gasteiger partial charge in [-0.1, -0.05) is 17.7 Å². The van der Waals surface area contributed by atoms with Gasteiger partial charge in [-0.3, -0.25) is 4.79 Å². The summed E-state index contributed by atoms with van der Waals surface area (Å²) in [4.78, 5) is 10.4. The summed E-state index contributed by atoms with van der Waals surface area (Å²) < 4.78 is 0. The highest BCUT2D eigenvalue weighted by Crippen LogP contribution is 2.26. The lowest BCUT2D eigenvalue weighted by molar-refractivity contribution is -0.137. The molecule has 76 valence electrons. The maximum absolute atomic E-state index is 10.4. The molecule has 4 N–H and O–H groups in total. The third kappa shape index (κ3) is 2.61. The number of phenolic OH excluding ortho intramolecular Hbond substituents is 1. The van der Waals surface area contributed by atoms with Crippen LogP contribution in [0.15, 0.2) is 18.2 Å². The van der Waals surface area contributed by atoms with Gasteiger partial charge in [-0.15, -0.1) is 0 Å². The fraction of sp³-hybridized carbons (Fsp3) is 0.222. The maximum atomic E-state index is 10.4. The van der Waals surface area contributed by atoms with Gasteiger partial charge in [-0.25, -0.2) is 0 Å². The van der Waals surface area contributed by atoms with Crippen molar-refractivity contribution < 1.29 is 15.0 Å². The molecule has 0 saturated carbocycles. The smallest absolute Gasteiger partial charge is 0.305 e. The molecule has 1 rings (SSSR count). The van der Waals surface area contributed by atoms with Gasteiger partial charge in [0.05, 0.1) is 11.4 Å². The number of halogens is 1. The van der Waals surface area contributed by atoms with Gasteiger partial charge in [-0.2, -0.15) is 0 Å². The Morgan fingerprint density at radius 2 is 2.21 bits per heavy atom. The normalized spacial score (nSPS) is 12.4. The lowest BCUT2D eigenvalue weighted by atomic mass is 10.0. The van der Waals surface area contributed by atoms with Gasteiger partial charge in [0.25, 0.3) is 0 Å². The van der Waals surface area contributed by atoms with E-state index in [0.717, 1.165) is 0 Å². The van der Waals surface area contributed by atoms with E-state index in [1.54, 1.807) is 6.07 Å². The molecule has 0 heterocycles. The minimum absolute atomic E-state index is 0.0436. The van der Waals surface area contributed by atoms with Crippen LogP contribution in [0.1, 0.15) is 18.0 Å². The average Bonchev–Trinajstić information content (AvgIpc) is 2.08. The summed E-state index contributed by atoms with van der Waals surface area (Å²) in [6.07, 6.45) is -0.166. The third-order valence-electron chi connectivity index (χ3n) is 1.79. The van der Waals surface area contributed by atoms with E-state index in [2.05, 4.69) is 0 Å². The third-order valence-corrected chi connectivity index (χ3v) is 2.10. The minimum atomic E-state index is -0.971. The van der Waals surface area contributed by atoms with Gasteiger partial charge in [0.1, 0.15) is 5.75 Å². The van der Waals surface area contributed by atoms with Crippen molar-refractivity contribution in [3.8, 4) is 5.75 Å². The Balaban J connectivity index is 2.85. The van der Waals surface area contributed by atoms with Crippen molar-refractivity contribution >= 4 is 17.6 Å². The first kappa shape index (κ1) is 10.8. The molecule has 0 saturated heterocycles. The summed E-state index contributed by atoms with van der Waals surface area (Å²) in [5.41, 5.74) is 6.19. The topological polar surface area (TPSA) is 83.6 Å². The van der Waals surface area contributed by atoms with Gasteiger partial charge >= 0.3 is 5.97 Å². The highest BCUT2D eigenvalue weighted by Gasteiger charge is 2.11. The second-order valence-corrected chi connectivity index (χ2v) is 3.32.